The molecule has 0 bridgehead atoms. The third kappa shape index (κ3) is 5.90. The molecule has 35 heavy (non-hydrogen) atoms. The number of rotatable bonds is 11. The van der Waals surface area contributed by atoms with E-state index in [2.05, 4.69) is 29.6 Å². The number of hydrogen-bond acceptors (Lipinski definition) is 6. The Hall–Kier alpha value is -2.78. The molecule has 0 radical (unpaired) electrons. The number of benzene rings is 1. The summed E-state index contributed by atoms with van der Waals surface area (Å²) in [4.78, 5) is 21.9. The van der Waals surface area contributed by atoms with Gasteiger partial charge in [0, 0.05) is 25.9 Å². The molecule has 9 heteroatoms. The lowest BCUT2D eigenvalue weighted by Gasteiger charge is -2.17. The Bertz CT molecular complexity index is 1220. The highest BCUT2D eigenvalue weighted by atomic mass is 28.3. The molecule has 1 fully saturated rings. The highest BCUT2D eigenvalue weighted by Crippen LogP contribution is 2.38. The molecular formula is C26H34FN3O4Si. The number of carbonyl (C=O) groups excluding carboxylic acids is 1. The standard InChI is InChI=1S/C26H34FN3O4Si/c1-6-33-26(31)22-17(2)30(16-32-11-12-35(3,4)5)25-23(28-15-29-24(22)25)20-13-19(27)9-10-21(20)34-14-18-7-8-18/h9-10,13,15,18H,6-8,11-12,14,16H2,1-5H3. The van der Waals surface area contributed by atoms with Gasteiger partial charge < -0.3 is 18.8 Å². The zero-order valence-corrected chi connectivity index (χ0v) is 22.2. The van der Waals surface area contributed by atoms with Gasteiger partial charge in [0.05, 0.1) is 18.7 Å². The van der Waals surface area contributed by atoms with Crippen molar-refractivity contribution in [2.24, 2.45) is 5.92 Å². The molecule has 0 N–H and O–H groups in total. The summed E-state index contributed by atoms with van der Waals surface area (Å²) < 4.78 is 33.7. The monoisotopic (exact) mass is 499 g/mol. The van der Waals surface area contributed by atoms with Crippen molar-refractivity contribution in [2.45, 2.75) is 59.1 Å². The Labute approximate surface area is 206 Å². The van der Waals surface area contributed by atoms with E-state index in [-0.39, 0.29) is 13.3 Å². The minimum absolute atomic E-state index is 0.222. The minimum Gasteiger partial charge on any atom is -0.493 e. The molecule has 1 saturated carbocycles. The van der Waals surface area contributed by atoms with Crippen molar-refractivity contribution in [1.29, 1.82) is 0 Å². The summed E-state index contributed by atoms with van der Waals surface area (Å²) in [7, 11) is -1.27. The van der Waals surface area contributed by atoms with E-state index in [4.69, 9.17) is 14.2 Å². The summed E-state index contributed by atoms with van der Waals surface area (Å²) in [5.41, 5.74) is 3.11. The van der Waals surface area contributed by atoms with Crippen molar-refractivity contribution < 1.29 is 23.4 Å². The average molecular weight is 500 g/mol. The van der Waals surface area contributed by atoms with Crippen LogP contribution in [0.3, 0.4) is 0 Å². The van der Waals surface area contributed by atoms with Crippen LogP contribution >= 0.6 is 0 Å². The number of halogens is 1. The van der Waals surface area contributed by atoms with Crippen LogP contribution in [0.25, 0.3) is 22.3 Å². The van der Waals surface area contributed by atoms with Gasteiger partial charge in [-0.3, -0.25) is 0 Å². The van der Waals surface area contributed by atoms with Gasteiger partial charge in [-0.05, 0) is 56.9 Å². The average Bonchev–Trinajstić information content (AvgIpc) is 3.58. The fourth-order valence-corrected chi connectivity index (χ4v) is 4.69. The number of fused-ring (bicyclic) bond motifs is 1. The first-order valence-corrected chi connectivity index (χ1v) is 15.9. The third-order valence-electron chi connectivity index (χ3n) is 6.16. The van der Waals surface area contributed by atoms with E-state index < -0.39 is 19.9 Å². The summed E-state index contributed by atoms with van der Waals surface area (Å²) in [6, 6.07) is 5.46. The predicted molar refractivity (Wildman–Crippen MR) is 136 cm³/mol. The Morgan fingerprint density at radius 1 is 1.23 bits per heavy atom. The molecule has 2 heterocycles. The van der Waals surface area contributed by atoms with Crippen LogP contribution in [0, 0.1) is 18.7 Å². The first kappa shape index (κ1) is 25.3. The van der Waals surface area contributed by atoms with Gasteiger partial charge in [-0.25, -0.2) is 19.2 Å². The normalized spacial score (nSPS) is 13.9. The SMILES string of the molecule is CCOC(=O)c1c(C)n(COCC[Si](C)(C)C)c2c(-c3cc(F)ccc3OCC3CC3)ncnc12. The summed E-state index contributed by atoms with van der Waals surface area (Å²) in [6.45, 7) is 12.2. The molecule has 0 saturated heterocycles. The highest BCUT2D eigenvalue weighted by molar-refractivity contribution is 6.76. The molecule has 0 spiro atoms. The van der Waals surface area contributed by atoms with Gasteiger partial charge in [0.1, 0.15) is 41.4 Å². The molecule has 4 rings (SSSR count). The molecule has 1 aliphatic rings. The lowest BCUT2D eigenvalue weighted by Crippen LogP contribution is -2.22. The van der Waals surface area contributed by atoms with E-state index in [9.17, 15) is 9.18 Å². The molecule has 7 nitrogen and oxygen atoms in total. The summed E-state index contributed by atoms with van der Waals surface area (Å²) in [5.74, 6) is 0.253. The van der Waals surface area contributed by atoms with Gasteiger partial charge in [-0.15, -0.1) is 0 Å². The van der Waals surface area contributed by atoms with Crippen LogP contribution in [0.4, 0.5) is 4.39 Å². The fourth-order valence-electron chi connectivity index (χ4n) is 3.94. The summed E-state index contributed by atoms with van der Waals surface area (Å²) >= 11 is 0. The number of ether oxygens (including phenoxy) is 3. The fraction of sp³-hybridized carbons (Fsp3) is 0.500. The number of esters is 1. The van der Waals surface area contributed by atoms with Gasteiger partial charge in [0.15, 0.2) is 0 Å². The lowest BCUT2D eigenvalue weighted by atomic mass is 10.1. The number of aromatic nitrogens is 3. The van der Waals surface area contributed by atoms with Gasteiger partial charge in [0.2, 0.25) is 0 Å². The second-order valence-electron chi connectivity index (χ2n) is 10.3. The van der Waals surface area contributed by atoms with Crippen LogP contribution in [-0.4, -0.2) is 48.4 Å². The van der Waals surface area contributed by atoms with Crippen LogP contribution < -0.4 is 4.74 Å². The second kappa shape index (κ2) is 10.5. The lowest BCUT2D eigenvalue weighted by molar-refractivity contribution is 0.0525. The number of hydrogen-bond donors (Lipinski definition) is 0. The van der Waals surface area contributed by atoms with Gasteiger partial charge >= 0.3 is 5.97 Å². The molecule has 188 valence electrons. The Kier molecular flexibility index (Phi) is 7.56. The molecular weight excluding hydrogens is 465 g/mol. The van der Waals surface area contributed by atoms with Crippen molar-refractivity contribution >= 4 is 25.1 Å². The quantitative estimate of drug-likeness (QED) is 0.188. The number of carbonyl (C=O) groups is 1. The first-order valence-electron chi connectivity index (χ1n) is 12.2. The maximum atomic E-state index is 14.4. The van der Waals surface area contributed by atoms with E-state index in [1.165, 1.54) is 18.5 Å². The summed E-state index contributed by atoms with van der Waals surface area (Å²) in [6.07, 6.45) is 3.69. The van der Waals surface area contributed by atoms with E-state index in [1.807, 2.05) is 11.5 Å². The van der Waals surface area contributed by atoms with Gasteiger partial charge in [-0.2, -0.15) is 0 Å². The molecule has 1 aliphatic carbocycles. The highest BCUT2D eigenvalue weighted by Gasteiger charge is 2.27. The summed E-state index contributed by atoms with van der Waals surface area (Å²) in [5, 5.41) is 0. The van der Waals surface area contributed by atoms with E-state index in [0.717, 1.165) is 18.9 Å². The van der Waals surface area contributed by atoms with Gasteiger partial charge in [-0.1, -0.05) is 19.6 Å². The minimum atomic E-state index is -1.27. The van der Waals surface area contributed by atoms with Gasteiger partial charge in [0.25, 0.3) is 0 Å². The van der Waals surface area contributed by atoms with E-state index in [1.54, 1.807) is 13.0 Å². The zero-order chi connectivity index (χ0) is 25.2. The molecule has 0 unspecified atom stereocenters. The van der Waals surface area contributed by atoms with Crippen molar-refractivity contribution in [2.75, 3.05) is 19.8 Å². The van der Waals surface area contributed by atoms with E-state index in [0.29, 0.717) is 58.4 Å². The Balaban J connectivity index is 1.82. The Morgan fingerprint density at radius 2 is 2.00 bits per heavy atom. The molecule has 0 atom stereocenters. The predicted octanol–water partition coefficient (Wildman–Crippen LogP) is 5.82. The van der Waals surface area contributed by atoms with Crippen LogP contribution in [0.2, 0.25) is 25.7 Å². The molecule has 0 aliphatic heterocycles. The van der Waals surface area contributed by atoms with Crippen molar-refractivity contribution in [1.82, 2.24) is 14.5 Å². The first-order chi connectivity index (χ1) is 16.7. The van der Waals surface area contributed by atoms with Crippen molar-refractivity contribution in [3.05, 3.63) is 41.6 Å². The largest absolute Gasteiger partial charge is 0.493 e. The smallest absolute Gasteiger partial charge is 0.342 e. The number of nitrogens with zero attached hydrogens (tertiary/aromatic N) is 3. The van der Waals surface area contributed by atoms with Crippen LogP contribution in [-0.2, 0) is 16.2 Å². The molecule has 1 aromatic carbocycles. The maximum absolute atomic E-state index is 14.4. The molecule has 0 amide bonds. The van der Waals surface area contributed by atoms with Crippen molar-refractivity contribution in [3.8, 4) is 17.0 Å². The zero-order valence-electron chi connectivity index (χ0n) is 21.2. The third-order valence-corrected chi connectivity index (χ3v) is 7.86. The van der Waals surface area contributed by atoms with E-state index >= 15 is 0 Å². The second-order valence-corrected chi connectivity index (χ2v) is 15.9. The van der Waals surface area contributed by atoms with Crippen LogP contribution in [0.1, 0.15) is 35.8 Å². The topological polar surface area (TPSA) is 75.5 Å². The molecule has 3 aromatic rings. The van der Waals surface area contributed by atoms with Crippen molar-refractivity contribution in [3.63, 3.8) is 0 Å². The van der Waals surface area contributed by atoms with Crippen LogP contribution in [0.5, 0.6) is 5.75 Å². The van der Waals surface area contributed by atoms with Crippen LogP contribution in [0.15, 0.2) is 24.5 Å². The Morgan fingerprint density at radius 3 is 2.69 bits per heavy atom. The molecule has 2 aromatic heterocycles. The maximum Gasteiger partial charge on any atom is 0.342 e.